The van der Waals surface area contributed by atoms with Crippen LogP contribution in [0.3, 0.4) is 0 Å². The van der Waals surface area contributed by atoms with Crippen LogP contribution in [0.4, 0.5) is 0 Å². The number of carbonyl (C=O) groups is 1. The third-order valence-electron chi connectivity index (χ3n) is 2.13. The number of carbonyl (C=O) groups excluding carboxylic acids is 1. The van der Waals surface area contributed by atoms with Crippen LogP contribution in [0.25, 0.3) is 0 Å². The summed E-state index contributed by atoms with van der Waals surface area (Å²) < 4.78 is 5.53. The van der Waals surface area contributed by atoms with E-state index in [1.165, 1.54) is 0 Å². The van der Waals surface area contributed by atoms with Crippen molar-refractivity contribution < 1.29 is 9.53 Å². The lowest BCUT2D eigenvalue weighted by molar-refractivity contribution is 0.112. The zero-order chi connectivity index (χ0) is 11.4. The Balaban J connectivity index is 2.17. The molecule has 3 nitrogen and oxygen atoms in total. The lowest BCUT2D eigenvalue weighted by Gasteiger charge is -2.04. The van der Waals surface area contributed by atoms with Crippen LogP contribution in [0.15, 0.2) is 42.6 Å². The van der Waals surface area contributed by atoms with Gasteiger partial charge in [0.15, 0.2) is 0 Å². The fourth-order valence-corrected chi connectivity index (χ4v) is 1.30. The van der Waals surface area contributed by atoms with Gasteiger partial charge in [-0.25, -0.2) is 4.98 Å². The normalized spacial score (nSPS) is 9.81. The minimum absolute atomic E-state index is 0.554. The van der Waals surface area contributed by atoms with Crippen molar-refractivity contribution in [3.8, 4) is 11.6 Å². The van der Waals surface area contributed by atoms with Gasteiger partial charge >= 0.3 is 0 Å². The molecule has 0 spiro atoms. The van der Waals surface area contributed by atoms with Crippen LogP contribution in [-0.2, 0) is 0 Å². The standard InChI is InChI=1S/C13H11NO2/c1-10-6-7-14-13(8-10)16-12-4-2-11(9-15)3-5-12/h2-9H,1H3. The van der Waals surface area contributed by atoms with Gasteiger partial charge < -0.3 is 4.74 Å². The van der Waals surface area contributed by atoms with Crippen LogP contribution >= 0.6 is 0 Å². The van der Waals surface area contributed by atoms with Crippen molar-refractivity contribution in [1.29, 1.82) is 0 Å². The first-order valence-electron chi connectivity index (χ1n) is 4.94. The maximum Gasteiger partial charge on any atom is 0.219 e. The Kier molecular flexibility index (Phi) is 2.96. The minimum Gasteiger partial charge on any atom is -0.439 e. The first-order chi connectivity index (χ1) is 7.78. The number of nitrogens with zero attached hydrogens (tertiary/aromatic N) is 1. The van der Waals surface area contributed by atoms with Crippen LogP contribution in [0, 0.1) is 6.92 Å². The summed E-state index contributed by atoms with van der Waals surface area (Å²) in [6, 6.07) is 10.7. The molecule has 0 N–H and O–H groups in total. The van der Waals surface area contributed by atoms with E-state index >= 15 is 0 Å². The fraction of sp³-hybridized carbons (Fsp3) is 0.0769. The van der Waals surface area contributed by atoms with Crippen molar-refractivity contribution in [2.24, 2.45) is 0 Å². The topological polar surface area (TPSA) is 39.2 Å². The summed E-state index contributed by atoms with van der Waals surface area (Å²) in [5.41, 5.74) is 1.72. The van der Waals surface area contributed by atoms with Crippen molar-refractivity contribution in [2.45, 2.75) is 6.92 Å². The van der Waals surface area contributed by atoms with E-state index in [0.29, 0.717) is 17.2 Å². The summed E-state index contributed by atoms with van der Waals surface area (Å²) >= 11 is 0. The summed E-state index contributed by atoms with van der Waals surface area (Å²) in [7, 11) is 0. The van der Waals surface area contributed by atoms with Crippen molar-refractivity contribution in [1.82, 2.24) is 4.98 Å². The van der Waals surface area contributed by atoms with E-state index in [1.807, 2.05) is 19.1 Å². The molecule has 0 saturated carbocycles. The molecule has 0 fully saturated rings. The quantitative estimate of drug-likeness (QED) is 0.736. The first-order valence-corrected chi connectivity index (χ1v) is 4.94. The Morgan fingerprint density at radius 3 is 2.56 bits per heavy atom. The van der Waals surface area contributed by atoms with Gasteiger partial charge in [-0.05, 0) is 42.8 Å². The smallest absolute Gasteiger partial charge is 0.219 e. The summed E-state index contributed by atoms with van der Waals surface area (Å²) in [4.78, 5) is 14.6. The second kappa shape index (κ2) is 4.57. The maximum absolute atomic E-state index is 10.5. The number of hydrogen-bond donors (Lipinski definition) is 0. The number of aryl methyl sites for hydroxylation is 1. The van der Waals surface area contributed by atoms with Crippen molar-refractivity contribution >= 4 is 6.29 Å². The number of rotatable bonds is 3. The zero-order valence-electron chi connectivity index (χ0n) is 8.88. The summed E-state index contributed by atoms with van der Waals surface area (Å²) in [5.74, 6) is 1.22. The first kappa shape index (κ1) is 10.4. The molecule has 3 heteroatoms. The summed E-state index contributed by atoms with van der Waals surface area (Å²) in [6.45, 7) is 1.98. The van der Waals surface area contributed by atoms with Gasteiger partial charge in [0.05, 0.1) is 0 Å². The van der Waals surface area contributed by atoms with Gasteiger partial charge in [0, 0.05) is 17.8 Å². The monoisotopic (exact) mass is 213 g/mol. The zero-order valence-corrected chi connectivity index (χ0v) is 8.88. The molecule has 0 bridgehead atoms. The molecule has 0 atom stereocenters. The van der Waals surface area contributed by atoms with Gasteiger partial charge in [-0.3, -0.25) is 4.79 Å². The van der Waals surface area contributed by atoms with Crippen LogP contribution in [0.2, 0.25) is 0 Å². The molecule has 1 heterocycles. The fourth-order valence-electron chi connectivity index (χ4n) is 1.30. The molecule has 0 aliphatic carbocycles. The molecule has 80 valence electrons. The highest BCUT2D eigenvalue weighted by atomic mass is 16.5. The lowest BCUT2D eigenvalue weighted by Crippen LogP contribution is -1.88. The molecule has 0 unspecified atom stereocenters. The Bertz CT molecular complexity index is 492. The Morgan fingerprint density at radius 2 is 1.94 bits per heavy atom. The van der Waals surface area contributed by atoms with Crippen LogP contribution < -0.4 is 4.74 Å². The molecule has 0 saturated heterocycles. The van der Waals surface area contributed by atoms with Gasteiger partial charge in [-0.2, -0.15) is 0 Å². The van der Waals surface area contributed by atoms with Gasteiger partial charge in [0.2, 0.25) is 5.88 Å². The Morgan fingerprint density at radius 1 is 1.19 bits per heavy atom. The molecule has 2 aromatic rings. The molecule has 16 heavy (non-hydrogen) atoms. The van der Waals surface area contributed by atoms with Crippen LogP contribution in [0.1, 0.15) is 15.9 Å². The van der Waals surface area contributed by atoms with Gasteiger partial charge in [-0.15, -0.1) is 0 Å². The SMILES string of the molecule is Cc1ccnc(Oc2ccc(C=O)cc2)c1. The predicted molar refractivity (Wildman–Crippen MR) is 60.9 cm³/mol. The molecule has 2 rings (SSSR count). The van der Waals surface area contributed by atoms with E-state index in [-0.39, 0.29) is 0 Å². The summed E-state index contributed by atoms with van der Waals surface area (Å²) in [6.07, 6.45) is 2.50. The average molecular weight is 213 g/mol. The van der Waals surface area contributed by atoms with E-state index < -0.39 is 0 Å². The lowest BCUT2D eigenvalue weighted by atomic mass is 10.2. The molecule has 0 radical (unpaired) electrons. The highest BCUT2D eigenvalue weighted by Crippen LogP contribution is 2.19. The maximum atomic E-state index is 10.5. The van der Waals surface area contributed by atoms with Gasteiger partial charge in [0.1, 0.15) is 12.0 Å². The molecule has 0 aliphatic rings. The highest BCUT2D eigenvalue weighted by molar-refractivity contribution is 5.74. The Labute approximate surface area is 93.7 Å². The Hall–Kier alpha value is -2.16. The number of hydrogen-bond acceptors (Lipinski definition) is 3. The second-order valence-corrected chi connectivity index (χ2v) is 3.46. The highest BCUT2D eigenvalue weighted by Gasteiger charge is 1.98. The number of aromatic nitrogens is 1. The van der Waals surface area contributed by atoms with Crippen LogP contribution in [-0.4, -0.2) is 11.3 Å². The largest absolute Gasteiger partial charge is 0.439 e. The third-order valence-corrected chi connectivity index (χ3v) is 2.13. The van der Waals surface area contributed by atoms with E-state index in [0.717, 1.165) is 11.8 Å². The van der Waals surface area contributed by atoms with Crippen molar-refractivity contribution in [3.05, 3.63) is 53.7 Å². The van der Waals surface area contributed by atoms with Crippen molar-refractivity contribution in [3.63, 3.8) is 0 Å². The minimum atomic E-state index is 0.554. The molecule has 1 aromatic carbocycles. The number of benzene rings is 1. The van der Waals surface area contributed by atoms with Gasteiger partial charge in [0.25, 0.3) is 0 Å². The van der Waals surface area contributed by atoms with E-state index in [9.17, 15) is 4.79 Å². The van der Waals surface area contributed by atoms with E-state index in [2.05, 4.69) is 4.98 Å². The number of ether oxygens (including phenoxy) is 1. The average Bonchev–Trinajstić information content (AvgIpc) is 2.30. The summed E-state index contributed by atoms with van der Waals surface area (Å²) in [5, 5.41) is 0. The molecular formula is C13H11NO2. The van der Waals surface area contributed by atoms with Crippen molar-refractivity contribution in [2.75, 3.05) is 0 Å². The molecular weight excluding hydrogens is 202 g/mol. The number of aldehydes is 1. The molecule has 0 amide bonds. The predicted octanol–water partition coefficient (Wildman–Crippen LogP) is 2.99. The third kappa shape index (κ3) is 2.45. The van der Waals surface area contributed by atoms with E-state index in [4.69, 9.17) is 4.74 Å². The van der Waals surface area contributed by atoms with E-state index in [1.54, 1.807) is 30.5 Å². The molecule has 0 aliphatic heterocycles. The van der Waals surface area contributed by atoms with Crippen LogP contribution in [0.5, 0.6) is 11.6 Å². The molecule has 1 aromatic heterocycles. The van der Waals surface area contributed by atoms with Gasteiger partial charge in [-0.1, -0.05) is 0 Å². The second-order valence-electron chi connectivity index (χ2n) is 3.46. The number of pyridine rings is 1.